The van der Waals surface area contributed by atoms with Crippen LogP contribution in [0.5, 0.6) is 0 Å². The molecule has 1 aliphatic carbocycles. The number of nitrogens with one attached hydrogen (secondary N) is 2. The van der Waals surface area contributed by atoms with E-state index < -0.39 is 11.7 Å². The van der Waals surface area contributed by atoms with Gasteiger partial charge < -0.3 is 15.2 Å². The lowest BCUT2D eigenvalue weighted by Gasteiger charge is -2.26. The van der Waals surface area contributed by atoms with Crippen molar-refractivity contribution >= 4 is 17.5 Å². The Labute approximate surface area is 156 Å². The zero-order chi connectivity index (χ0) is 18.8. The summed E-state index contributed by atoms with van der Waals surface area (Å²) < 4.78 is 15.7. The number of carbonyl (C=O) groups excluding carboxylic acids is 2. The second kappa shape index (κ2) is 7.46. The highest BCUT2D eigenvalue weighted by atomic mass is 19.1. The van der Waals surface area contributed by atoms with Gasteiger partial charge in [-0.25, -0.2) is 4.39 Å². The summed E-state index contributed by atoms with van der Waals surface area (Å²) in [5.74, 6) is -1.00. The van der Waals surface area contributed by atoms with Gasteiger partial charge in [-0.2, -0.15) is 0 Å². The smallest absolute Gasteiger partial charge is 0.228 e. The van der Waals surface area contributed by atoms with E-state index in [4.69, 9.17) is 0 Å². The largest absolute Gasteiger partial charge is 0.348 e. The van der Waals surface area contributed by atoms with Crippen molar-refractivity contribution in [3.8, 4) is 0 Å². The van der Waals surface area contributed by atoms with Crippen molar-refractivity contribution in [2.24, 2.45) is 0 Å². The summed E-state index contributed by atoms with van der Waals surface area (Å²) >= 11 is 0. The molecule has 1 aromatic heterocycles. The number of anilines is 1. The molecule has 1 fully saturated rings. The van der Waals surface area contributed by atoms with Crippen LogP contribution >= 0.6 is 0 Å². The van der Waals surface area contributed by atoms with Crippen LogP contribution in [0.3, 0.4) is 0 Å². The standard InChI is InChI=1S/C19H22FN5O2/c20-12-6-7-16-14(8-12)15(9-18(26)23-16)19(27)21-10-17-24-22-11-25(17)13-4-2-1-3-5-13/h6-8,11,13,15H,1-5,9-10H2,(H,21,27)(H,23,26). The molecule has 1 aromatic carbocycles. The molecule has 2 aromatic rings. The minimum absolute atomic E-state index is 0.00238. The first kappa shape index (κ1) is 17.6. The van der Waals surface area contributed by atoms with Gasteiger partial charge in [0.1, 0.15) is 12.1 Å². The van der Waals surface area contributed by atoms with Gasteiger partial charge in [0, 0.05) is 18.2 Å². The number of benzene rings is 1. The highest BCUT2D eigenvalue weighted by molar-refractivity contribution is 6.01. The van der Waals surface area contributed by atoms with Crippen LogP contribution in [0.4, 0.5) is 10.1 Å². The van der Waals surface area contributed by atoms with Gasteiger partial charge in [-0.05, 0) is 36.6 Å². The van der Waals surface area contributed by atoms with Crippen LogP contribution < -0.4 is 10.6 Å². The second-order valence-corrected chi connectivity index (χ2v) is 7.20. The number of aromatic nitrogens is 3. The average molecular weight is 371 g/mol. The Morgan fingerprint density at radius 3 is 2.93 bits per heavy atom. The van der Waals surface area contributed by atoms with Crippen LogP contribution in [0.1, 0.15) is 61.9 Å². The van der Waals surface area contributed by atoms with E-state index >= 15 is 0 Å². The van der Waals surface area contributed by atoms with E-state index in [1.54, 1.807) is 6.33 Å². The number of rotatable bonds is 4. The summed E-state index contributed by atoms with van der Waals surface area (Å²) in [4.78, 5) is 24.6. The van der Waals surface area contributed by atoms with E-state index in [1.807, 2.05) is 4.57 Å². The maximum Gasteiger partial charge on any atom is 0.228 e. The van der Waals surface area contributed by atoms with Crippen molar-refractivity contribution in [1.29, 1.82) is 0 Å². The first-order chi connectivity index (χ1) is 13.1. The summed E-state index contributed by atoms with van der Waals surface area (Å²) in [6.45, 7) is 0.234. The maximum absolute atomic E-state index is 13.6. The van der Waals surface area contributed by atoms with Crippen molar-refractivity contribution < 1.29 is 14.0 Å². The molecule has 2 N–H and O–H groups in total. The summed E-state index contributed by atoms with van der Waals surface area (Å²) in [6, 6.07) is 4.44. The highest BCUT2D eigenvalue weighted by Crippen LogP contribution is 2.33. The molecule has 2 amide bonds. The Balaban J connectivity index is 1.47. The fourth-order valence-corrected chi connectivity index (χ4v) is 4.01. The Hall–Kier alpha value is -2.77. The summed E-state index contributed by atoms with van der Waals surface area (Å²) in [5, 5.41) is 13.7. The summed E-state index contributed by atoms with van der Waals surface area (Å²) in [6.07, 6.45) is 7.53. The van der Waals surface area contributed by atoms with Crippen LogP contribution in [0.25, 0.3) is 0 Å². The van der Waals surface area contributed by atoms with E-state index in [9.17, 15) is 14.0 Å². The summed E-state index contributed by atoms with van der Waals surface area (Å²) in [5.41, 5.74) is 0.985. The molecule has 8 heteroatoms. The number of halogens is 1. The molecular weight excluding hydrogens is 349 g/mol. The Kier molecular flexibility index (Phi) is 4.87. The van der Waals surface area contributed by atoms with Gasteiger partial charge in [-0.3, -0.25) is 9.59 Å². The molecule has 7 nitrogen and oxygen atoms in total. The van der Waals surface area contributed by atoms with Crippen LogP contribution in [-0.2, 0) is 16.1 Å². The lowest BCUT2D eigenvalue weighted by Crippen LogP contribution is -2.35. The number of nitrogens with zero attached hydrogens (tertiary/aromatic N) is 3. The minimum Gasteiger partial charge on any atom is -0.348 e. The molecular formula is C19H22FN5O2. The van der Waals surface area contributed by atoms with Gasteiger partial charge in [0.25, 0.3) is 0 Å². The predicted octanol–water partition coefficient (Wildman–Crippen LogP) is 2.66. The third kappa shape index (κ3) is 3.70. The van der Waals surface area contributed by atoms with Crippen molar-refractivity contribution in [3.63, 3.8) is 0 Å². The highest BCUT2D eigenvalue weighted by Gasteiger charge is 2.31. The third-order valence-corrected chi connectivity index (χ3v) is 5.41. The van der Waals surface area contributed by atoms with Gasteiger partial charge in [-0.15, -0.1) is 10.2 Å². The molecule has 2 aliphatic rings. The molecule has 1 saturated carbocycles. The fraction of sp³-hybridized carbons (Fsp3) is 0.474. The van der Waals surface area contributed by atoms with Crippen LogP contribution in [0.2, 0.25) is 0 Å². The molecule has 142 valence electrons. The molecule has 0 bridgehead atoms. The number of amides is 2. The van der Waals surface area contributed by atoms with Crippen LogP contribution in [-0.4, -0.2) is 26.6 Å². The van der Waals surface area contributed by atoms with Gasteiger partial charge in [0.05, 0.1) is 12.5 Å². The normalized spacial score (nSPS) is 20.0. The van der Waals surface area contributed by atoms with Crippen molar-refractivity contribution in [2.45, 2.75) is 57.0 Å². The van der Waals surface area contributed by atoms with E-state index in [1.165, 1.54) is 37.5 Å². The summed E-state index contributed by atoms with van der Waals surface area (Å²) in [7, 11) is 0. The van der Waals surface area contributed by atoms with E-state index in [-0.39, 0.29) is 24.8 Å². The monoisotopic (exact) mass is 371 g/mol. The second-order valence-electron chi connectivity index (χ2n) is 7.20. The van der Waals surface area contributed by atoms with E-state index in [0.29, 0.717) is 23.1 Å². The topological polar surface area (TPSA) is 88.9 Å². The lowest BCUT2D eigenvalue weighted by atomic mass is 9.89. The Bertz CT molecular complexity index is 860. The van der Waals surface area contributed by atoms with Gasteiger partial charge in [0.2, 0.25) is 11.8 Å². The quantitative estimate of drug-likeness (QED) is 0.865. The molecule has 2 heterocycles. The first-order valence-electron chi connectivity index (χ1n) is 9.37. The Morgan fingerprint density at radius 2 is 2.11 bits per heavy atom. The molecule has 1 unspecified atom stereocenters. The van der Waals surface area contributed by atoms with Crippen molar-refractivity contribution in [3.05, 3.63) is 41.7 Å². The number of carbonyl (C=O) groups is 2. The van der Waals surface area contributed by atoms with Gasteiger partial charge in [0.15, 0.2) is 5.82 Å². The predicted molar refractivity (Wildman–Crippen MR) is 96.4 cm³/mol. The molecule has 0 spiro atoms. The Morgan fingerprint density at radius 1 is 1.30 bits per heavy atom. The molecule has 1 aliphatic heterocycles. The molecule has 27 heavy (non-hydrogen) atoms. The van der Waals surface area contributed by atoms with Crippen LogP contribution in [0, 0.1) is 5.82 Å². The van der Waals surface area contributed by atoms with Crippen molar-refractivity contribution in [1.82, 2.24) is 20.1 Å². The molecule has 0 radical (unpaired) electrons. The van der Waals surface area contributed by atoms with Crippen LogP contribution in [0.15, 0.2) is 24.5 Å². The maximum atomic E-state index is 13.6. The van der Waals surface area contributed by atoms with Gasteiger partial charge in [-0.1, -0.05) is 19.3 Å². The number of hydrogen-bond acceptors (Lipinski definition) is 4. The van der Waals surface area contributed by atoms with E-state index in [0.717, 1.165) is 12.8 Å². The molecule has 0 saturated heterocycles. The fourth-order valence-electron chi connectivity index (χ4n) is 4.01. The zero-order valence-corrected chi connectivity index (χ0v) is 14.9. The van der Waals surface area contributed by atoms with E-state index in [2.05, 4.69) is 20.8 Å². The van der Waals surface area contributed by atoms with Gasteiger partial charge >= 0.3 is 0 Å². The first-order valence-corrected chi connectivity index (χ1v) is 9.37. The lowest BCUT2D eigenvalue weighted by molar-refractivity contribution is -0.126. The minimum atomic E-state index is -0.712. The third-order valence-electron chi connectivity index (χ3n) is 5.41. The molecule has 1 atom stereocenters. The average Bonchev–Trinajstić information content (AvgIpc) is 3.15. The number of hydrogen-bond donors (Lipinski definition) is 2. The molecule has 4 rings (SSSR count). The van der Waals surface area contributed by atoms with Crippen molar-refractivity contribution in [2.75, 3.05) is 5.32 Å². The SMILES string of the molecule is O=C1CC(C(=O)NCc2nncn2C2CCCCC2)c2cc(F)ccc2N1. The number of fused-ring (bicyclic) bond motifs is 1. The zero-order valence-electron chi connectivity index (χ0n) is 14.9.